The van der Waals surface area contributed by atoms with Gasteiger partial charge in [0.1, 0.15) is 18.4 Å². The van der Waals surface area contributed by atoms with E-state index in [2.05, 4.69) is 5.32 Å². The Kier molecular flexibility index (Phi) is 10.4. The summed E-state index contributed by atoms with van der Waals surface area (Å²) in [7, 11) is -4.54. The zero-order valence-corrected chi connectivity index (χ0v) is 24.5. The Hall–Kier alpha value is -3.93. The smallest absolute Gasteiger partial charge is 0.352 e. The fourth-order valence-corrected chi connectivity index (χ4v) is 5.70. The molecule has 0 aliphatic heterocycles. The van der Waals surface area contributed by atoms with Crippen molar-refractivity contribution >= 4 is 27.5 Å². The van der Waals surface area contributed by atoms with Crippen LogP contribution in [0.3, 0.4) is 0 Å². The van der Waals surface area contributed by atoms with Crippen LogP contribution in [0.4, 0.5) is 23.2 Å². The molecule has 0 aliphatic carbocycles. The van der Waals surface area contributed by atoms with E-state index in [0.717, 1.165) is 22.6 Å². The van der Waals surface area contributed by atoms with Crippen molar-refractivity contribution in [3.8, 4) is 0 Å². The lowest BCUT2D eigenvalue weighted by Crippen LogP contribution is -2.53. The maximum atomic E-state index is 13.9. The highest BCUT2D eigenvalue weighted by molar-refractivity contribution is 7.92. The van der Waals surface area contributed by atoms with Gasteiger partial charge in [-0.2, -0.15) is 13.2 Å². The number of rotatable bonds is 11. The van der Waals surface area contributed by atoms with Crippen LogP contribution in [0.5, 0.6) is 0 Å². The lowest BCUT2D eigenvalue weighted by molar-refractivity contribution is -0.140. The molecule has 1 atom stereocenters. The van der Waals surface area contributed by atoms with Gasteiger partial charge in [0.2, 0.25) is 11.8 Å². The van der Waals surface area contributed by atoms with E-state index >= 15 is 0 Å². The summed E-state index contributed by atoms with van der Waals surface area (Å²) < 4.78 is 82.6. The van der Waals surface area contributed by atoms with E-state index in [1.165, 1.54) is 54.6 Å². The molecule has 0 saturated carbocycles. The average molecular weight is 608 g/mol. The van der Waals surface area contributed by atoms with E-state index in [1.807, 2.05) is 0 Å². The molecular weight excluding hydrogens is 574 g/mol. The number of nitrogens with one attached hydrogen (secondary N) is 1. The standard InChI is InChI=1S/C30H33F4N3O4S/c1-5-27(29(39)35-20(2)3)36(18-22-11-13-24(31)14-12-22)28(38)19-37(25-8-6-7-23(17-25)30(32,33)34)42(40,41)26-15-9-21(4)10-16-26/h6-17,20,27H,5,18-19H2,1-4H3,(H,35,39)/t27-/m0/s1. The van der Waals surface area contributed by atoms with Gasteiger partial charge in [-0.15, -0.1) is 0 Å². The molecule has 42 heavy (non-hydrogen) atoms. The van der Waals surface area contributed by atoms with Gasteiger partial charge in [-0.1, -0.05) is 42.8 Å². The molecular formula is C30H33F4N3O4S. The Bertz CT molecular complexity index is 1490. The summed E-state index contributed by atoms with van der Waals surface area (Å²) >= 11 is 0. The zero-order chi connectivity index (χ0) is 31.2. The minimum atomic E-state index is -4.77. The number of hydrogen-bond acceptors (Lipinski definition) is 4. The molecule has 0 radical (unpaired) electrons. The third-order valence-corrected chi connectivity index (χ3v) is 8.22. The third kappa shape index (κ3) is 8.09. The highest BCUT2D eigenvalue weighted by Crippen LogP contribution is 2.33. The molecule has 0 bridgehead atoms. The number of carbonyl (C=O) groups is 2. The molecule has 3 aromatic rings. The van der Waals surface area contributed by atoms with Gasteiger partial charge >= 0.3 is 6.18 Å². The molecule has 0 aliphatic rings. The highest BCUT2D eigenvalue weighted by atomic mass is 32.2. The Morgan fingerprint density at radius 1 is 0.952 bits per heavy atom. The van der Waals surface area contributed by atoms with Gasteiger partial charge in [-0.3, -0.25) is 13.9 Å². The van der Waals surface area contributed by atoms with E-state index < -0.39 is 52.0 Å². The fourth-order valence-electron chi connectivity index (χ4n) is 4.29. The Balaban J connectivity index is 2.12. The topological polar surface area (TPSA) is 86.8 Å². The van der Waals surface area contributed by atoms with Gasteiger partial charge in [-0.25, -0.2) is 12.8 Å². The molecule has 0 spiro atoms. The molecule has 2 amide bonds. The number of amides is 2. The monoisotopic (exact) mass is 607 g/mol. The minimum Gasteiger partial charge on any atom is -0.352 e. The molecule has 0 aromatic heterocycles. The molecule has 12 heteroatoms. The number of anilines is 1. The van der Waals surface area contributed by atoms with Crippen LogP contribution in [0.2, 0.25) is 0 Å². The van der Waals surface area contributed by atoms with Crippen LogP contribution in [0, 0.1) is 12.7 Å². The van der Waals surface area contributed by atoms with Gasteiger partial charge in [-0.05, 0) is 75.2 Å². The molecule has 3 aromatic carbocycles. The number of alkyl halides is 3. The van der Waals surface area contributed by atoms with Gasteiger partial charge in [0.25, 0.3) is 10.0 Å². The fraction of sp³-hybridized carbons (Fsp3) is 0.333. The summed E-state index contributed by atoms with van der Waals surface area (Å²) in [6, 6.07) is 13.3. The second-order valence-corrected chi connectivity index (χ2v) is 12.0. The van der Waals surface area contributed by atoms with Crippen molar-refractivity contribution in [1.82, 2.24) is 10.2 Å². The molecule has 0 heterocycles. The number of halogens is 4. The molecule has 1 N–H and O–H groups in total. The van der Waals surface area contributed by atoms with Crippen LogP contribution in [0.25, 0.3) is 0 Å². The molecule has 226 valence electrons. The number of benzene rings is 3. The first-order chi connectivity index (χ1) is 19.6. The van der Waals surface area contributed by atoms with E-state index in [4.69, 9.17) is 0 Å². The molecule has 7 nitrogen and oxygen atoms in total. The molecule has 0 saturated heterocycles. The second kappa shape index (κ2) is 13.4. The summed E-state index contributed by atoms with van der Waals surface area (Å²) in [4.78, 5) is 28.0. The Morgan fingerprint density at radius 3 is 2.12 bits per heavy atom. The van der Waals surface area contributed by atoms with Crippen LogP contribution < -0.4 is 9.62 Å². The van der Waals surface area contributed by atoms with E-state index in [-0.39, 0.29) is 29.6 Å². The molecule has 0 unspecified atom stereocenters. The summed E-state index contributed by atoms with van der Waals surface area (Å²) in [5.74, 6) is -1.84. The van der Waals surface area contributed by atoms with Crippen molar-refractivity contribution in [2.45, 2.75) is 63.8 Å². The van der Waals surface area contributed by atoms with Gasteiger partial charge in [0, 0.05) is 12.6 Å². The zero-order valence-electron chi connectivity index (χ0n) is 23.7. The van der Waals surface area contributed by atoms with Gasteiger partial charge < -0.3 is 10.2 Å². The summed E-state index contributed by atoms with van der Waals surface area (Å²) in [6.45, 7) is 5.81. The summed E-state index contributed by atoms with van der Waals surface area (Å²) in [6.07, 6.45) is -4.62. The van der Waals surface area contributed by atoms with Crippen LogP contribution in [-0.2, 0) is 32.3 Å². The Morgan fingerprint density at radius 2 is 1.57 bits per heavy atom. The van der Waals surface area contributed by atoms with Crippen LogP contribution in [0.1, 0.15) is 43.9 Å². The maximum Gasteiger partial charge on any atom is 0.416 e. The van der Waals surface area contributed by atoms with E-state index in [9.17, 15) is 35.6 Å². The predicted octanol–water partition coefficient (Wildman–Crippen LogP) is 5.68. The number of sulfonamides is 1. The lowest BCUT2D eigenvalue weighted by atomic mass is 10.1. The van der Waals surface area contributed by atoms with Crippen molar-refractivity contribution < 1.29 is 35.6 Å². The SMILES string of the molecule is CC[C@@H](C(=O)NC(C)C)N(Cc1ccc(F)cc1)C(=O)CN(c1cccc(C(F)(F)F)c1)S(=O)(=O)c1ccc(C)cc1. The summed E-state index contributed by atoms with van der Waals surface area (Å²) in [5, 5.41) is 2.74. The number of nitrogens with zero attached hydrogens (tertiary/aromatic N) is 2. The van der Waals surface area contributed by atoms with Crippen molar-refractivity contribution in [2.75, 3.05) is 10.8 Å². The quantitative estimate of drug-likeness (QED) is 0.284. The van der Waals surface area contributed by atoms with E-state index in [1.54, 1.807) is 27.7 Å². The largest absolute Gasteiger partial charge is 0.416 e. The van der Waals surface area contributed by atoms with Gasteiger partial charge in [0.15, 0.2) is 0 Å². The minimum absolute atomic E-state index is 0.153. The van der Waals surface area contributed by atoms with Crippen molar-refractivity contribution in [1.29, 1.82) is 0 Å². The van der Waals surface area contributed by atoms with Crippen molar-refractivity contribution in [3.05, 3.63) is 95.3 Å². The average Bonchev–Trinajstić information content (AvgIpc) is 2.92. The van der Waals surface area contributed by atoms with Crippen molar-refractivity contribution in [2.24, 2.45) is 0 Å². The molecule has 0 fully saturated rings. The normalized spacial score (nSPS) is 12.6. The highest BCUT2D eigenvalue weighted by Gasteiger charge is 2.36. The number of carbonyl (C=O) groups excluding carboxylic acids is 2. The van der Waals surface area contributed by atoms with Crippen LogP contribution in [0.15, 0.2) is 77.7 Å². The number of hydrogen-bond donors (Lipinski definition) is 1. The molecule has 3 rings (SSSR count). The van der Waals surface area contributed by atoms with E-state index in [0.29, 0.717) is 15.9 Å². The lowest BCUT2D eigenvalue weighted by Gasteiger charge is -2.33. The first kappa shape index (κ1) is 32.6. The van der Waals surface area contributed by atoms with Crippen molar-refractivity contribution in [3.63, 3.8) is 0 Å². The third-order valence-electron chi connectivity index (χ3n) is 6.43. The van der Waals surface area contributed by atoms with Crippen LogP contribution >= 0.6 is 0 Å². The summed E-state index contributed by atoms with van der Waals surface area (Å²) in [5.41, 5.74) is -0.252. The number of aryl methyl sites for hydroxylation is 1. The Labute approximate surface area is 243 Å². The first-order valence-corrected chi connectivity index (χ1v) is 14.7. The van der Waals surface area contributed by atoms with Gasteiger partial charge in [0.05, 0.1) is 16.1 Å². The predicted molar refractivity (Wildman–Crippen MR) is 151 cm³/mol. The van der Waals surface area contributed by atoms with Crippen LogP contribution in [-0.4, -0.2) is 43.8 Å². The first-order valence-electron chi connectivity index (χ1n) is 13.2. The maximum absolute atomic E-state index is 13.9. The second-order valence-electron chi connectivity index (χ2n) is 10.1.